The maximum atomic E-state index is 12.2. The fraction of sp³-hybridized carbons (Fsp3) is 0.500. The number of amides is 1. The number of hydrogen-bond acceptors (Lipinski definition) is 5. The Labute approximate surface area is 155 Å². The molecule has 0 spiro atoms. The fourth-order valence-electron chi connectivity index (χ4n) is 2.89. The van der Waals surface area contributed by atoms with E-state index in [2.05, 4.69) is 11.9 Å². The molecule has 1 aliphatic heterocycles. The zero-order chi connectivity index (χ0) is 17.5. The Balaban J connectivity index is 0.00000312. The minimum atomic E-state index is -0.411. The summed E-state index contributed by atoms with van der Waals surface area (Å²) in [4.78, 5) is 12.2. The van der Waals surface area contributed by atoms with Crippen molar-refractivity contribution in [3.8, 4) is 11.5 Å². The van der Waals surface area contributed by atoms with Crippen LogP contribution in [0.5, 0.6) is 11.5 Å². The summed E-state index contributed by atoms with van der Waals surface area (Å²) in [6, 6.07) is 3.85. The van der Waals surface area contributed by atoms with Gasteiger partial charge >= 0.3 is 0 Å². The molecular formula is C18H27ClN2O4. The number of hydrogen-bond donors (Lipinski definition) is 2. The number of methoxy groups -OCH3 is 2. The second-order valence-corrected chi connectivity index (χ2v) is 5.76. The third-order valence-electron chi connectivity index (χ3n) is 4.11. The summed E-state index contributed by atoms with van der Waals surface area (Å²) in [5.41, 5.74) is 7.48. The van der Waals surface area contributed by atoms with Gasteiger partial charge in [0.05, 0.1) is 20.3 Å². The van der Waals surface area contributed by atoms with Gasteiger partial charge in [-0.2, -0.15) is 0 Å². The first-order valence-corrected chi connectivity index (χ1v) is 8.10. The Morgan fingerprint density at radius 2 is 2.16 bits per heavy atom. The van der Waals surface area contributed by atoms with Crippen molar-refractivity contribution in [3.05, 3.63) is 35.9 Å². The molecule has 1 aliphatic rings. The van der Waals surface area contributed by atoms with Crippen LogP contribution in [0, 0.1) is 0 Å². The number of rotatable bonds is 8. The molecule has 1 aromatic carbocycles. The first-order chi connectivity index (χ1) is 11.6. The predicted octanol–water partition coefficient (Wildman–Crippen LogP) is 1.98. The van der Waals surface area contributed by atoms with Crippen molar-refractivity contribution in [2.24, 2.45) is 5.73 Å². The largest absolute Gasteiger partial charge is 0.493 e. The lowest BCUT2D eigenvalue weighted by Gasteiger charge is -2.16. The van der Waals surface area contributed by atoms with Gasteiger partial charge in [0.15, 0.2) is 11.5 Å². The van der Waals surface area contributed by atoms with Crippen LogP contribution in [0.4, 0.5) is 0 Å². The van der Waals surface area contributed by atoms with Gasteiger partial charge in [0.2, 0.25) is 5.91 Å². The van der Waals surface area contributed by atoms with E-state index in [4.69, 9.17) is 19.9 Å². The van der Waals surface area contributed by atoms with Gasteiger partial charge in [-0.3, -0.25) is 4.79 Å². The summed E-state index contributed by atoms with van der Waals surface area (Å²) in [5.74, 6) is 1.23. The first kappa shape index (κ1) is 21.3. The quantitative estimate of drug-likeness (QED) is 0.684. The zero-order valence-corrected chi connectivity index (χ0v) is 15.6. The summed E-state index contributed by atoms with van der Waals surface area (Å²) in [6.45, 7) is 4.61. The lowest BCUT2D eigenvalue weighted by molar-refractivity contribution is -0.132. The van der Waals surface area contributed by atoms with E-state index in [1.165, 1.54) is 0 Å². The molecule has 2 atom stereocenters. The van der Waals surface area contributed by atoms with E-state index in [0.717, 1.165) is 17.5 Å². The van der Waals surface area contributed by atoms with Gasteiger partial charge in [-0.05, 0) is 37.0 Å². The molecule has 1 aromatic rings. The van der Waals surface area contributed by atoms with Crippen molar-refractivity contribution in [2.45, 2.75) is 38.0 Å². The van der Waals surface area contributed by atoms with E-state index in [1.807, 2.05) is 12.1 Å². The van der Waals surface area contributed by atoms with E-state index >= 15 is 0 Å². The SMILES string of the molecule is C=CCc1cc(CNC(=O)[C@@H]2CC[C@H](CN)O2)cc(OC)c1OC.Cl. The molecule has 0 unspecified atom stereocenters. The van der Waals surface area contributed by atoms with Gasteiger partial charge in [0.25, 0.3) is 0 Å². The first-order valence-electron chi connectivity index (χ1n) is 8.10. The number of halogens is 1. The Hall–Kier alpha value is -1.76. The molecule has 0 aliphatic carbocycles. The van der Waals surface area contributed by atoms with E-state index < -0.39 is 6.10 Å². The molecular weight excluding hydrogens is 344 g/mol. The third-order valence-corrected chi connectivity index (χ3v) is 4.11. The molecule has 25 heavy (non-hydrogen) atoms. The van der Waals surface area contributed by atoms with Crippen molar-refractivity contribution >= 4 is 18.3 Å². The fourth-order valence-corrected chi connectivity index (χ4v) is 2.89. The summed E-state index contributed by atoms with van der Waals surface area (Å²) >= 11 is 0. The smallest absolute Gasteiger partial charge is 0.249 e. The molecule has 6 nitrogen and oxygen atoms in total. The second-order valence-electron chi connectivity index (χ2n) is 5.76. The predicted molar refractivity (Wildman–Crippen MR) is 99.5 cm³/mol. The Kier molecular flexibility index (Phi) is 8.75. The van der Waals surface area contributed by atoms with Crippen molar-refractivity contribution in [3.63, 3.8) is 0 Å². The Morgan fingerprint density at radius 1 is 1.40 bits per heavy atom. The van der Waals surface area contributed by atoms with E-state index in [-0.39, 0.29) is 24.4 Å². The zero-order valence-electron chi connectivity index (χ0n) is 14.7. The normalized spacial score (nSPS) is 19.0. The molecule has 1 saturated heterocycles. The number of carbonyl (C=O) groups excluding carboxylic acids is 1. The molecule has 1 heterocycles. The molecule has 2 rings (SSSR count). The van der Waals surface area contributed by atoms with Gasteiger partial charge in [0, 0.05) is 18.7 Å². The number of carbonyl (C=O) groups is 1. The number of allylic oxidation sites excluding steroid dienone is 1. The average molecular weight is 371 g/mol. The van der Waals surface area contributed by atoms with Crippen LogP contribution in [-0.2, 0) is 22.5 Å². The number of benzene rings is 1. The minimum Gasteiger partial charge on any atom is -0.493 e. The lowest BCUT2D eigenvalue weighted by atomic mass is 10.1. The number of ether oxygens (including phenoxy) is 3. The van der Waals surface area contributed by atoms with E-state index in [9.17, 15) is 4.79 Å². The Bertz CT molecular complexity index is 595. The number of nitrogens with one attached hydrogen (secondary N) is 1. The molecule has 0 bridgehead atoms. The van der Waals surface area contributed by atoms with Crippen molar-refractivity contribution in [2.75, 3.05) is 20.8 Å². The maximum absolute atomic E-state index is 12.2. The molecule has 1 fully saturated rings. The van der Waals surface area contributed by atoms with Crippen LogP contribution >= 0.6 is 12.4 Å². The van der Waals surface area contributed by atoms with Crippen LogP contribution in [0.1, 0.15) is 24.0 Å². The highest BCUT2D eigenvalue weighted by Crippen LogP contribution is 2.33. The Morgan fingerprint density at radius 3 is 2.72 bits per heavy atom. The number of nitrogens with two attached hydrogens (primary N) is 1. The average Bonchev–Trinajstić information content (AvgIpc) is 3.08. The standard InChI is InChI=1S/C18H26N2O4.ClH/c1-4-5-13-8-12(9-16(22-2)17(13)23-3)11-20-18(21)15-7-6-14(10-19)24-15;/h4,8-9,14-15H,1,5-7,10-11,19H2,2-3H3,(H,20,21);1H/t14-,15+;/m1./s1. The van der Waals surface area contributed by atoms with Crippen molar-refractivity contribution < 1.29 is 19.0 Å². The molecule has 0 radical (unpaired) electrons. The molecule has 0 aromatic heterocycles. The topological polar surface area (TPSA) is 82.8 Å². The highest BCUT2D eigenvalue weighted by atomic mass is 35.5. The van der Waals surface area contributed by atoms with E-state index in [0.29, 0.717) is 37.4 Å². The molecule has 3 N–H and O–H groups in total. The molecule has 1 amide bonds. The van der Waals surface area contributed by atoms with Gasteiger partial charge < -0.3 is 25.3 Å². The van der Waals surface area contributed by atoms with Crippen molar-refractivity contribution in [1.82, 2.24) is 5.32 Å². The van der Waals surface area contributed by atoms with Crippen LogP contribution < -0.4 is 20.5 Å². The van der Waals surface area contributed by atoms with Crippen molar-refractivity contribution in [1.29, 1.82) is 0 Å². The van der Waals surface area contributed by atoms with Gasteiger partial charge in [0.1, 0.15) is 6.10 Å². The van der Waals surface area contributed by atoms with Gasteiger partial charge in [-0.15, -0.1) is 19.0 Å². The van der Waals surface area contributed by atoms with E-state index in [1.54, 1.807) is 20.3 Å². The van der Waals surface area contributed by atoms with Crippen LogP contribution in [0.15, 0.2) is 24.8 Å². The maximum Gasteiger partial charge on any atom is 0.249 e. The minimum absolute atomic E-state index is 0. The van der Waals surface area contributed by atoms with Gasteiger partial charge in [-0.1, -0.05) is 6.08 Å². The lowest BCUT2D eigenvalue weighted by Crippen LogP contribution is -2.35. The molecule has 0 saturated carbocycles. The molecule has 7 heteroatoms. The summed E-state index contributed by atoms with van der Waals surface area (Å²) in [6.07, 6.45) is 3.58. The van der Waals surface area contributed by atoms with Crippen LogP contribution in [0.2, 0.25) is 0 Å². The second kappa shape index (κ2) is 10.3. The monoisotopic (exact) mass is 370 g/mol. The van der Waals surface area contributed by atoms with Gasteiger partial charge in [-0.25, -0.2) is 0 Å². The highest BCUT2D eigenvalue weighted by Gasteiger charge is 2.29. The van der Waals surface area contributed by atoms with Crippen LogP contribution in [0.3, 0.4) is 0 Å². The summed E-state index contributed by atoms with van der Waals surface area (Å²) in [5, 5.41) is 2.92. The highest BCUT2D eigenvalue weighted by molar-refractivity contribution is 5.85. The summed E-state index contributed by atoms with van der Waals surface area (Å²) in [7, 11) is 3.20. The third kappa shape index (κ3) is 5.36. The van der Waals surface area contributed by atoms with Crippen LogP contribution in [0.25, 0.3) is 0 Å². The van der Waals surface area contributed by atoms with Crippen LogP contribution in [-0.4, -0.2) is 38.9 Å². The summed E-state index contributed by atoms with van der Waals surface area (Å²) < 4.78 is 16.4. The molecule has 140 valence electrons.